The number of aryl methyl sites for hydroxylation is 2. The molecule has 3 rings (SSSR count). The van der Waals surface area contributed by atoms with Gasteiger partial charge in [-0.25, -0.2) is 4.98 Å². The second kappa shape index (κ2) is 8.16. The fourth-order valence-electron chi connectivity index (χ4n) is 2.75. The first-order valence-corrected chi connectivity index (χ1v) is 8.85. The van der Waals surface area contributed by atoms with Crippen molar-refractivity contribution in [2.75, 3.05) is 0 Å². The molecule has 0 unspecified atom stereocenters. The van der Waals surface area contributed by atoms with Gasteiger partial charge in [-0.3, -0.25) is 4.79 Å². The lowest BCUT2D eigenvalue weighted by Crippen LogP contribution is -2.17. The highest BCUT2D eigenvalue weighted by molar-refractivity contribution is 6.31. The lowest BCUT2D eigenvalue weighted by molar-refractivity contribution is -0.274. The van der Waals surface area contributed by atoms with E-state index < -0.39 is 6.36 Å². The van der Waals surface area contributed by atoms with Gasteiger partial charge < -0.3 is 14.5 Å². The topological polar surface area (TPSA) is 64.2 Å². The number of hydrogen-bond donors (Lipinski definition) is 1. The molecule has 3 aromatic rings. The van der Waals surface area contributed by atoms with E-state index in [4.69, 9.17) is 16.3 Å². The van der Waals surface area contributed by atoms with Crippen LogP contribution in [0.1, 0.15) is 17.0 Å². The second-order valence-electron chi connectivity index (χ2n) is 6.26. The van der Waals surface area contributed by atoms with E-state index in [1.54, 1.807) is 26.0 Å². The Morgan fingerprint density at radius 1 is 1.07 bits per heavy atom. The summed E-state index contributed by atoms with van der Waals surface area (Å²) in [5.74, 6) is -0.00210. The number of alkyl halides is 3. The molecule has 0 saturated carbocycles. The number of benzene rings is 1. The molecule has 9 heteroatoms. The summed E-state index contributed by atoms with van der Waals surface area (Å²) < 4.78 is 45.9. The van der Waals surface area contributed by atoms with Gasteiger partial charge in [-0.2, -0.15) is 0 Å². The Hall–Kier alpha value is -3.00. The van der Waals surface area contributed by atoms with Crippen LogP contribution in [0.4, 0.5) is 13.2 Å². The average Bonchev–Trinajstić information content (AvgIpc) is 2.65. The Bertz CT molecular complexity index is 1060. The summed E-state index contributed by atoms with van der Waals surface area (Å²) in [5, 5.41) is 0.129. The van der Waals surface area contributed by atoms with Gasteiger partial charge in [-0.15, -0.1) is 13.2 Å². The zero-order valence-electron chi connectivity index (χ0n) is 15.4. The smallest absolute Gasteiger partial charge is 0.473 e. The van der Waals surface area contributed by atoms with Gasteiger partial charge in [0.25, 0.3) is 0 Å². The predicted molar refractivity (Wildman–Crippen MR) is 102 cm³/mol. The Balaban J connectivity index is 1.69. The lowest BCUT2D eigenvalue weighted by atomic mass is 10.1. The van der Waals surface area contributed by atoms with Gasteiger partial charge >= 0.3 is 6.36 Å². The predicted octanol–water partition coefficient (Wildman–Crippen LogP) is 5.18. The number of halogens is 4. The monoisotopic (exact) mass is 424 g/mol. The van der Waals surface area contributed by atoms with E-state index in [0.29, 0.717) is 34.0 Å². The molecular weight excluding hydrogens is 409 g/mol. The number of rotatable bonds is 5. The van der Waals surface area contributed by atoms with Gasteiger partial charge in [-0.1, -0.05) is 23.7 Å². The molecule has 29 heavy (non-hydrogen) atoms. The van der Waals surface area contributed by atoms with Crippen molar-refractivity contribution < 1.29 is 22.6 Å². The van der Waals surface area contributed by atoms with Gasteiger partial charge in [0.2, 0.25) is 11.3 Å². The number of pyridine rings is 2. The molecule has 1 aromatic carbocycles. The molecule has 2 heterocycles. The SMILES string of the molecule is Cc1[nH]c(C)c(-c2ccc(OCc3ccc(OC(F)(F)F)cc3)nc2)c(=O)c1Cl. The van der Waals surface area contributed by atoms with Gasteiger partial charge in [0.05, 0.1) is 5.56 Å². The maximum atomic E-state index is 12.4. The molecule has 0 atom stereocenters. The number of H-pyrrole nitrogens is 1. The van der Waals surface area contributed by atoms with Crippen molar-refractivity contribution in [1.29, 1.82) is 0 Å². The Morgan fingerprint density at radius 3 is 2.34 bits per heavy atom. The zero-order valence-corrected chi connectivity index (χ0v) is 16.2. The first kappa shape index (κ1) is 20.7. The summed E-state index contributed by atoms with van der Waals surface area (Å²) in [5.41, 5.74) is 2.65. The van der Waals surface area contributed by atoms with Crippen molar-refractivity contribution in [3.8, 4) is 22.8 Å². The molecule has 0 aliphatic carbocycles. The molecule has 1 N–H and O–H groups in total. The van der Waals surface area contributed by atoms with Gasteiger partial charge in [0, 0.05) is 29.2 Å². The van der Waals surface area contributed by atoms with E-state index in [1.165, 1.54) is 30.5 Å². The Kier molecular flexibility index (Phi) is 5.83. The zero-order chi connectivity index (χ0) is 21.2. The van der Waals surface area contributed by atoms with Crippen LogP contribution in [0.5, 0.6) is 11.6 Å². The molecular formula is C20H16ClF3N2O3. The van der Waals surface area contributed by atoms with Crippen molar-refractivity contribution in [1.82, 2.24) is 9.97 Å². The first-order chi connectivity index (χ1) is 13.6. The fourth-order valence-corrected chi connectivity index (χ4v) is 2.90. The Labute approximate surface area is 169 Å². The maximum absolute atomic E-state index is 12.4. The molecule has 0 aliphatic heterocycles. The van der Waals surface area contributed by atoms with Crippen molar-refractivity contribution in [2.24, 2.45) is 0 Å². The summed E-state index contributed by atoms with van der Waals surface area (Å²) in [7, 11) is 0. The molecule has 0 saturated heterocycles. The van der Waals surface area contributed by atoms with E-state index in [0.717, 1.165) is 0 Å². The van der Waals surface area contributed by atoms with Crippen LogP contribution in [0.15, 0.2) is 47.4 Å². The van der Waals surface area contributed by atoms with Crippen molar-refractivity contribution in [2.45, 2.75) is 26.8 Å². The highest BCUT2D eigenvalue weighted by Gasteiger charge is 2.30. The summed E-state index contributed by atoms with van der Waals surface area (Å²) in [6.07, 6.45) is -3.23. The maximum Gasteiger partial charge on any atom is 0.573 e. The first-order valence-electron chi connectivity index (χ1n) is 8.47. The average molecular weight is 425 g/mol. The van der Waals surface area contributed by atoms with Gasteiger partial charge in [-0.05, 0) is 37.6 Å². The molecule has 0 aliphatic rings. The lowest BCUT2D eigenvalue weighted by Gasteiger charge is -2.11. The number of nitrogens with zero attached hydrogens (tertiary/aromatic N) is 1. The molecule has 5 nitrogen and oxygen atoms in total. The molecule has 0 fully saturated rings. The molecule has 0 bridgehead atoms. The highest BCUT2D eigenvalue weighted by atomic mass is 35.5. The third-order valence-electron chi connectivity index (χ3n) is 4.07. The van der Waals surface area contributed by atoms with Crippen molar-refractivity contribution in [3.63, 3.8) is 0 Å². The minimum absolute atomic E-state index is 0.106. The summed E-state index contributed by atoms with van der Waals surface area (Å²) in [6.45, 7) is 3.60. The molecule has 2 aromatic heterocycles. The van der Waals surface area contributed by atoms with Gasteiger partial charge in [0.1, 0.15) is 17.4 Å². The third kappa shape index (κ3) is 5.08. The van der Waals surface area contributed by atoms with Gasteiger partial charge in [0.15, 0.2) is 0 Å². The van der Waals surface area contributed by atoms with Crippen LogP contribution in [0, 0.1) is 13.8 Å². The summed E-state index contributed by atoms with van der Waals surface area (Å²) in [6, 6.07) is 8.63. The van der Waals surface area contributed by atoms with E-state index in [9.17, 15) is 18.0 Å². The standard InChI is InChI=1S/C20H16ClF3N2O3/c1-11-17(19(27)18(21)12(2)26-11)14-5-8-16(25-9-14)28-10-13-3-6-15(7-4-13)29-20(22,23)24/h3-9H,10H2,1-2H3,(H,26,27). The second-order valence-corrected chi connectivity index (χ2v) is 6.64. The minimum Gasteiger partial charge on any atom is -0.473 e. The molecule has 152 valence electrons. The van der Waals surface area contributed by atoms with Crippen molar-refractivity contribution >= 4 is 11.6 Å². The van der Waals surface area contributed by atoms with E-state index in [1.807, 2.05) is 0 Å². The number of hydrogen-bond acceptors (Lipinski definition) is 4. The summed E-state index contributed by atoms with van der Waals surface area (Å²) in [4.78, 5) is 19.7. The van der Waals surface area contributed by atoms with Crippen molar-refractivity contribution in [3.05, 3.63) is 74.8 Å². The fraction of sp³-hybridized carbons (Fsp3) is 0.200. The molecule has 0 spiro atoms. The number of aromatic nitrogens is 2. The number of nitrogens with one attached hydrogen (secondary N) is 1. The van der Waals surface area contributed by atoms with Crippen LogP contribution in [-0.4, -0.2) is 16.3 Å². The molecule has 0 radical (unpaired) electrons. The summed E-state index contributed by atoms with van der Waals surface area (Å²) >= 11 is 6.04. The van der Waals surface area contributed by atoms with Crippen LogP contribution in [-0.2, 0) is 6.61 Å². The van der Waals surface area contributed by atoms with Crippen LogP contribution >= 0.6 is 11.6 Å². The van der Waals surface area contributed by atoms with E-state index >= 15 is 0 Å². The van der Waals surface area contributed by atoms with Crippen LogP contribution in [0.2, 0.25) is 5.02 Å². The van der Waals surface area contributed by atoms with Crippen LogP contribution in [0.25, 0.3) is 11.1 Å². The van der Waals surface area contributed by atoms with Crippen LogP contribution in [0.3, 0.4) is 0 Å². The number of ether oxygens (including phenoxy) is 2. The minimum atomic E-state index is -4.73. The molecule has 0 amide bonds. The normalized spacial score (nSPS) is 11.4. The Morgan fingerprint density at radius 2 is 1.76 bits per heavy atom. The highest BCUT2D eigenvalue weighted by Crippen LogP contribution is 2.24. The largest absolute Gasteiger partial charge is 0.573 e. The van der Waals surface area contributed by atoms with E-state index in [2.05, 4.69) is 14.7 Å². The number of aromatic amines is 1. The van der Waals surface area contributed by atoms with Crippen LogP contribution < -0.4 is 14.9 Å². The quantitative estimate of drug-likeness (QED) is 0.612. The van der Waals surface area contributed by atoms with E-state index in [-0.39, 0.29) is 22.8 Å². The third-order valence-corrected chi connectivity index (χ3v) is 4.53.